The lowest BCUT2D eigenvalue weighted by atomic mass is 9.95. The molecule has 29 heavy (non-hydrogen) atoms. The molecule has 2 atom stereocenters. The molecule has 1 saturated heterocycles. The smallest absolute Gasteiger partial charge is 0.295 e. The third kappa shape index (κ3) is 3.92. The molecule has 1 amide bonds. The number of likely N-dealkylation sites (tertiary alicyclic amines) is 1. The van der Waals surface area contributed by atoms with E-state index in [1.165, 1.54) is 49.3 Å². The van der Waals surface area contributed by atoms with Gasteiger partial charge in [-0.1, -0.05) is 17.7 Å². The molecular weight excluding hydrogens is 398 g/mol. The van der Waals surface area contributed by atoms with E-state index < -0.39 is 23.8 Å². The predicted octanol–water partition coefficient (Wildman–Crippen LogP) is 2.86. The van der Waals surface area contributed by atoms with Crippen LogP contribution in [0.1, 0.15) is 24.1 Å². The topological polar surface area (TPSA) is 107 Å². The van der Waals surface area contributed by atoms with Gasteiger partial charge in [-0.15, -0.1) is 0 Å². The van der Waals surface area contributed by atoms with E-state index in [9.17, 15) is 24.9 Å². The van der Waals surface area contributed by atoms with Crippen molar-refractivity contribution in [1.82, 2.24) is 4.90 Å². The Balaban J connectivity index is 2.21. The SMILES string of the molecule is COc1cc([C@@H]2C(=C(O)c3ccc(Cl)cc3)C(=O)C(=O)N2C[C@H](C)O)ccc1O. The number of carbonyl (C=O) groups is 2. The van der Waals surface area contributed by atoms with E-state index in [0.717, 1.165) is 0 Å². The van der Waals surface area contributed by atoms with Crippen molar-refractivity contribution in [1.29, 1.82) is 0 Å². The van der Waals surface area contributed by atoms with Crippen LogP contribution in [0.15, 0.2) is 48.0 Å². The minimum Gasteiger partial charge on any atom is -0.507 e. The van der Waals surface area contributed by atoms with Gasteiger partial charge in [-0.3, -0.25) is 9.59 Å². The number of Topliss-reactive ketones (excluding diaryl/α,β-unsaturated/α-hetero) is 1. The van der Waals surface area contributed by atoms with Gasteiger partial charge in [0.1, 0.15) is 5.76 Å². The quantitative estimate of drug-likeness (QED) is 0.392. The van der Waals surface area contributed by atoms with E-state index >= 15 is 0 Å². The fraction of sp³-hybridized carbons (Fsp3) is 0.238. The largest absolute Gasteiger partial charge is 0.507 e. The number of hydrogen-bond donors (Lipinski definition) is 3. The molecule has 3 rings (SSSR count). The van der Waals surface area contributed by atoms with Crippen LogP contribution in [0.25, 0.3) is 5.76 Å². The number of β-amino-alcohol motifs (C(OH)–C–C–N with tert-alkyl or cyclic N) is 1. The van der Waals surface area contributed by atoms with Gasteiger partial charge in [-0.25, -0.2) is 0 Å². The Morgan fingerprint density at radius 3 is 2.45 bits per heavy atom. The monoisotopic (exact) mass is 417 g/mol. The van der Waals surface area contributed by atoms with Crippen LogP contribution < -0.4 is 4.74 Å². The lowest BCUT2D eigenvalue weighted by molar-refractivity contribution is -0.140. The van der Waals surface area contributed by atoms with Crippen molar-refractivity contribution in [3.8, 4) is 11.5 Å². The van der Waals surface area contributed by atoms with Gasteiger partial charge in [-0.05, 0) is 48.9 Å². The predicted molar refractivity (Wildman–Crippen MR) is 107 cm³/mol. The lowest BCUT2D eigenvalue weighted by Gasteiger charge is -2.26. The molecule has 2 aromatic rings. The second-order valence-electron chi connectivity index (χ2n) is 6.74. The standard InChI is InChI=1S/C21H20ClNO6/c1-11(24)10-23-18(13-5-8-15(25)16(9-13)29-2)17(20(27)21(23)28)19(26)12-3-6-14(22)7-4-12/h3-9,11,18,24-26H,10H2,1-2H3/t11-,18+/m0/s1. The summed E-state index contributed by atoms with van der Waals surface area (Å²) in [6, 6.07) is 9.60. The van der Waals surface area contributed by atoms with E-state index in [2.05, 4.69) is 0 Å². The zero-order valence-corrected chi connectivity index (χ0v) is 16.6. The minimum absolute atomic E-state index is 0.110. The molecule has 8 heteroatoms. The molecule has 7 nitrogen and oxygen atoms in total. The number of phenolic OH excluding ortho intramolecular Hbond substituents is 1. The van der Waals surface area contributed by atoms with Gasteiger partial charge >= 0.3 is 0 Å². The maximum absolute atomic E-state index is 12.8. The maximum atomic E-state index is 12.8. The molecule has 3 N–H and O–H groups in total. The van der Waals surface area contributed by atoms with Crippen molar-refractivity contribution < 1.29 is 29.6 Å². The van der Waals surface area contributed by atoms with E-state index in [4.69, 9.17) is 16.3 Å². The fourth-order valence-corrected chi connectivity index (χ4v) is 3.45. The second-order valence-corrected chi connectivity index (χ2v) is 7.18. The van der Waals surface area contributed by atoms with Crippen LogP contribution in [-0.4, -0.2) is 51.7 Å². The first-order valence-electron chi connectivity index (χ1n) is 8.84. The average Bonchev–Trinajstić information content (AvgIpc) is 2.93. The highest BCUT2D eigenvalue weighted by atomic mass is 35.5. The maximum Gasteiger partial charge on any atom is 0.295 e. The molecule has 2 aromatic carbocycles. The first kappa shape index (κ1) is 20.7. The van der Waals surface area contributed by atoms with Crippen LogP contribution in [0.3, 0.4) is 0 Å². The lowest BCUT2D eigenvalue weighted by Crippen LogP contribution is -2.35. The van der Waals surface area contributed by atoms with E-state index in [1.807, 2.05) is 0 Å². The minimum atomic E-state index is -0.963. The van der Waals surface area contributed by atoms with E-state index in [1.54, 1.807) is 12.1 Å². The van der Waals surface area contributed by atoms with Crippen molar-refractivity contribution in [3.05, 3.63) is 64.2 Å². The number of aromatic hydroxyl groups is 1. The van der Waals surface area contributed by atoms with Crippen LogP contribution in [0.2, 0.25) is 5.02 Å². The molecule has 0 spiro atoms. The summed E-state index contributed by atoms with van der Waals surface area (Å²) >= 11 is 5.89. The Morgan fingerprint density at radius 1 is 1.21 bits per heavy atom. The number of nitrogens with zero attached hydrogens (tertiary/aromatic N) is 1. The Labute approximate surface area is 172 Å². The first-order valence-corrected chi connectivity index (χ1v) is 9.21. The van der Waals surface area contributed by atoms with Crippen molar-refractivity contribution in [2.75, 3.05) is 13.7 Å². The summed E-state index contributed by atoms with van der Waals surface area (Å²) in [6.45, 7) is 1.38. The molecule has 1 fully saturated rings. The average molecular weight is 418 g/mol. The Hall–Kier alpha value is -3.03. The number of amides is 1. The number of hydrogen-bond acceptors (Lipinski definition) is 6. The molecule has 0 aliphatic carbocycles. The fourth-order valence-electron chi connectivity index (χ4n) is 3.33. The summed E-state index contributed by atoms with van der Waals surface area (Å²) in [4.78, 5) is 26.6. The highest BCUT2D eigenvalue weighted by Crippen LogP contribution is 2.41. The molecule has 152 valence electrons. The van der Waals surface area contributed by atoms with Crippen molar-refractivity contribution in [3.63, 3.8) is 0 Å². The number of ether oxygens (including phenoxy) is 1. The van der Waals surface area contributed by atoms with Gasteiger partial charge < -0.3 is 25.0 Å². The van der Waals surface area contributed by atoms with E-state index in [0.29, 0.717) is 16.1 Å². The van der Waals surface area contributed by atoms with Crippen LogP contribution in [0.5, 0.6) is 11.5 Å². The number of phenols is 1. The van der Waals surface area contributed by atoms with Crippen molar-refractivity contribution >= 4 is 29.1 Å². The van der Waals surface area contributed by atoms with Gasteiger partial charge in [-0.2, -0.15) is 0 Å². The zero-order valence-electron chi connectivity index (χ0n) is 15.8. The van der Waals surface area contributed by atoms with E-state index in [-0.39, 0.29) is 29.4 Å². The van der Waals surface area contributed by atoms with Crippen molar-refractivity contribution in [2.45, 2.75) is 19.1 Å². The first-order chi connectivity index (χ1) is 13.7. The van der Waals surface area contributed by atoms with Crippen LogP contribution >= 0.6 is 11.6 Å². The van der Waals surface area contributed by atoms with Crippen LogP contribution in [0.4, 0.5) is 0 Å². The molecule has 0 unspecified atom stereocenters. The van der Waals surface area contributed by atoms with Gasteiger partial charge in [0.25, 0.3) is 11.7 Å². The van der Waals surface area contributed by atoms with Gasteiger partial charge in [0.05, 0.1) is 24.8 Å². The number of aliphatic hydroxyl groups excluding tert-OH is 2. The number of carbonyl (C=O) groups excluding carboxylic acids is 2. The zero-order chi connectivity index (χ0) is 21.3. The summed E-state index contributed by atoms with van der Waals surface area (Å²) in [5, 5.41) is 31.0. The summed E-state index contributed by atoms with van der Waals surface area (Å²) in [7, 11) is 1.37. The van der Waals surface area contributed by atoms with Gasteiger partial charge in [0, 0.05) is 17.1 Å². The molecular formula is C21H20ClNO6. The molecule has 0 bridgehead atoms. The number of benzene rings is 2. The summed E-state index contributed by atoms with van der Waals surface area (Å²) in [5.74, 6) is -2.02. The Morgan fingerprint density at radius 2 is 1.86 bits per heavy atom. The van der Waals surface area contributed by atoms with Gasteiger partial charge in [0.15, 0.2) is 11.5 Å². The highest BCUT2D eigenvalue weighted by molar-refractivity contribution is 6.46. The highest BCUT2D eigenvalue weighted by Gasteiger charge is 2.46. The Kier molecular flexibility index (Phi) is 5.81. The third-order valence-electron chi connectivity index (χ3n) is 4.64. The molecule has 1 aliphatic rings. The summed E-state index contributed by atoms with van der Waals surface area (Å²) in [6.07, 6.45) is -0.898. The molecule has 1 aliphatic heterocycles. The number of halogens is 1. The molecule has 1 heterocycles. The molecule has 0 radical (unpaired) electrons. The van der Waals surface area contributed by atoms with Crippen LogP contribution in [0, 0.1) is 0 Å². The van der Waals surface area contributed by atoms with Crippen LogP contribution in [-0.2, 0) is 9.59 Å². The number of ketones is 1. The third-order valence-corrected chi connectivity index (χ3v) is 4.89. The second kappa shape index (κ2) is 8.14. The van der Waals surface area contributed by atoms with Gasteiger partial charge in [0.2, 0.25) is 0 Å². The van der Waals surface area contributed by atoms with Crippen molar-refractivity contribution in [2.24, 2.45) is 0 Å². The summed E-state index contributed by atoms with van der Waals surface area (Å²) < 4.78 is 5.13. The molecule has 0 saturated carbocycles. The number of rotatable bonds is 5. The number of methoxy groups -OCH3 is 1. The molecule has 0 aromatic heterocycles. The number of aliphatic hydroxyl groups is 2. The summed E-state index contributed by atoms with van der Waals surface area (Å²) in [5.41, 5.74) is 0.640. The Bertz CT molecular complexity index is 983. The normalized spacial score (nSPS) is 19.4.